The van der Waals surface area contributed by atoms with Crippen molar-refractivity contribution in [2.24, 2.45) is 0 Å². The molecule has 0 saturated carbocycles. The van der Waals surface area contributed by atoms with Crippen LogP contribution in [-0.2, 0) is 19.6 Å². The number of alkyl halides is 2. The van der Waals surface area contributed by atoms with Crippen LogP contribution in [-0.4, -0.2) is 26.0 Å². The zero-order chi connectivity index (χ0) is 13.8. The smallest absolute Gasteiger partial charge is 0.257 e. The molecule has 19 heavy (non-hydrogen) atoms. The van der Waals surface area contributed by atoms with Gasteiger partial charge in [-0.15, -0.1) is 0 Å². The van der Waals surface area contributed by atoms with E-state index in [0.29, 0.717) is 6.54 Å². The van der Waals surface area contributed by atoms with Crippen LogP contribution in [0.4, 0.5) is 14.5 Å². The third-order valence-electron chi connectivity index (χ3n) is 2.88. The van der Waals surface area contributed by atoms with Gasteiger partial charge in [0.25, 0.3) is 6.43 Å². The number of nitrogens with one attached hydrogen (secondary N) is 1. The molecule has 2 aromatic rings. The molecule has 0 aromatic carbocycles. The zero-order valence-electron chi connectivity index (χ0n) is 11.0. The molecule has 0 aliphatic rings. The van der Waals surface area contributed by atoms with Gasteiger partial charge in [0.2, 0.25) is 0 Å². The highest BCUT2D eigenvalue weighted by Gasteiger charge is 2.08. The summed E-state index contributed by atoms with van der Waals surface area (Å²) < 4.78 is 27.5. The predicted octanol–water partition coefficient (Wildman–Crippen LogP) is 2.29. The maximum atomic E-state index is 12.2. The third-order valence-corrected chi connectivity index (χ3v) is 2.88. The van der Waals surface area contributed by atoms with Crippen LogP contribution >= 0.6 is 0 Å². The average Bonchev–Trinajstić information content (AvgIpc) is 2.93. The van der Waals surface area contributed by atoms with Crippen LogP contribution in [0.1, 0.15) is 18.2 Å². The SMILES string of the molecule is CCn1ncc(C)c1CNc1cnn(CC(F)F)c1. The van der Waals surface area contributed by atoms with Crippen molar-refractivity contribution in [3.05, 3.63) is 29.8 Å². The van der Waals surface area contributed by atoms with Crippen molar-refractivity contribution in [2.45, 2.75) is 39.9 Å². The normalized spacial score (nSPS) is 11.2. The highest BCUT2D eigenvalue weighted by Crippen LogP contribution is 2.12. The van der Waals surface area contributed by atoms with Crippen LogP contribution in [0.25, 0.3) is 0 Å². The van der Waals surface area contributed by atoms with E-state index < -0.39 is 6.43 Å². The standard InChI is InChI=1S/C12H17F2N5/c1-3-19-11(9(2)4-17-19)6-15-10-5-16-18(7-10)8-12(13)14/h4-5,7,12,15H,3,6,8H2,1-2H3. The Kier molecular flexibility index (Phi) is 4.13. The number of hydrogen-bond donors (Lipinski definition) is 1. The lowest BCUT2D eigenvalue weighted by Crippen LogP contribution is -2.09. The summed E-state index contributed by atoms with van der Waals surface area (Å²) in [5, 5.41) is 11.3. The van der Waals surface area contributed by atoms with Gasteiger partial charge in [0.1, 0.15) is 6.54 Å². The molecule has 0 saturated heterocycles. The highest BCUT2D eigenvalue weighted by atomic mass is 19.3. The molecule has 1 N–H and O–H groups in total. The summed E-state index contributed by atoms with van der Waals surface area (Å²) in [7, 11) is 0. The minimum atomic E-state index is -2.39. The summed E-state index contributed by atoms with van der Waals surface area (Å²) >= 11 is 0. The lowest BCUT2D eigenvalue weighted by molar-refractivity contribution is 0.122. The number of aromatic nitrogens is 4. The van der Waals surface area contributed by atoms with E-state index in [9.17, 15) is 8.78 Å². The maximum Gasteiger partial charge on any atom is 0.257 e. The van der Waals surface area contributed by atoms with Crippen molar-refractivity contribution < 1.29 is 8.78 Å². The van der Waals surface area contributed by atoms with E-state index in [2.05, 4.69) is 15.5 Å². The minimum Gasteiger partial charge on any atom is -0.377 e. The monoisotopic (exact) mass is 269 g/mol. The number of nitrogens with zero attached hydrogens (tertiary/aromatic N) is 4. The van der Waals surface area contributed by atoms with Gasteiger partial charge >= 0.3 is 0 Å². The number of hydrogen-bond acceptors (Lipinski definition) is 3. The Hall–Kier alpha value is -1.92. The molecule has 0 aliphatic carbocycles. The molecule has 5 nitrogen and oxygen atoms in total. The number of rotatable bonds is 6. The summed E-state index contributed by atoms with van der Waals surface area (Å²) in [4.78, 5) is 0. The van der Waals surface area contributed by atoms with E-state index in [0.717, 1.165) is 23.5 Å². The average molecular weight is 269 g/mol. The summed E-state index contributed by atoms with van der Waals surface area (Å²) in [6.45, 7) is 5.04. The Morgan fingerprint density at radius 2 is 2.11 bits per heavy atom. The van der Waals surface area contributed by atoms with Gasteiger partial charge in [0, 0.05) is 12.7 Å². The Labute approximate surface area is 110 Å². The second kappa shape index (κ2) is 5.81. The first-order valence-electron chi connectivity index (χ1n) is 6.16. The largest absolute Gasteiger partial charge is 0.377 e. The van der Waals surface area contributed by atoms with Gasteiger partial charge in [-0.05, 0) is 19.4 Å². The Morgan fingerprint density at radius 1 is 1.32 bits per heavy atom. The van der Waals surface area contributed by atoms with Crippen molar-refractivity contribution in [1.29, 1.82) is 0 Å². The van der Waals surface area contributed by atoms with Crippen LogP contribution in [0.3, 0.4) is 0 Å². The summed E-state index contributed by atoms with van der Waals surface area (Å²) in [6.07, 6.45) is 2.55. The molecule has 0 amide bonds. The highest BCUT2D eigenvalue weighted by molar-refractivity contribution is 5.39. The quantitative estimate of drug-likeness (QED) is 0.875. The molecule has 0 bridgehead atoms. The molecule has 7 heteroatoms. The van der Waals surface area contributed by atoms with Crippen LogP contribution < -0.4 is 5.32 Å². The maximum absolute atomic E-state index is 12.2. The molecule has 0 aliphatic heterocycles. The Morgan fingerprint density at radius 3 is 2.79 bits per heavy atom. The first-order chi connectivity index (χ1) is 9.10. The topological polar surface area (TPSA) is 47.7 Å². The summed E-state index contributed by atoms with van der Waals surface area (Å²) in [6, 6.07) is 0. The molecule has 2 heterocycles. The molecular formula is C12H17F2N5. The van der Waals surface area contributed by atoms with Crippen molar-refractivity contribution >= 4 is 5.69 Å². The van der Waals surface area contributed by atoms with Crippen LogP contribution in [0.15, 0.2) is 18.6 Å². The molecule has 0 atom stereocenters. The van der Waals surface area contributed by atoms with Crippen molar-refractivity contribution in [2.75, 3.05) is 5.32 Å². The lowest BCUT2D eigenvalue weighted by Gasteiger charge is -2.07. The molecule has 0 radical (unpaired) electrons. The van der Waals surface area contributed by atoms with E-state index in [1.54, 1.807) is 12.4 Å². The second-order valence-corrected chi connectivity index (χ2v) is 4.29. The van der Waals surface area contributed by atoms with Crippen molar-refractivity contribution in [1.82, 2.24) is 19.6 Å². The molecule has 0 spiro atoms. The van der Waals surface area contributed by atoms with Crippen LogP contribution in [0.2, 0.25) is 0 Å². The van der Waals surface area contributed by atoms with Crippen molar-refractivity contribution in [3.8, 4) is 0 Å². The Balaban J connectivity index is 1.98. The molecule has 0 unspecified atom stereocenters. The number of halogens is 2. The molecule has 104 valence electrons. The minimum absolute atomic E-state index is 0.381. The fourth-order valence-electron chi connectivity index (χ4n) is 1.89. The lowest BCUT2D eigenvalue weighted by atomic mass is 10.2. The zero-order valence-corrected chi connectivity index (χ0v) is 11.0. The van der Waals surface area contributed by atoms with E-state index >= 15 is 0 Å². The summed E-state index contributed by atoms with van der Waals surface area (Å²) in [5.74, 6) is 0. The fourth-order valence-corrected chi connectivity index (χ4v) is 1.89. The Bertz CT molecular complexity index is 532. The van der Waals surface area contributed by atoms with E-state index in [-0.39, 0.29) is 6.54 Å². The first-order valence-corrected chi connectivity index (χ1v) is 6.16. The van der Waals surface area contributed by atoms with E-state index in [1.165, 1.54) is 4.68 Å². The van der Waals surface area contributed by atoms with Gasteiger partial charge < -0.3 is 5.32 Å². The number of anilines is 1. The van der Waals surface area contributed by atoms with Gasteiger partial charge in [0.05, 0.1) is 30.3 Å². The van der Waals surface area contributed by atoms with Gasteiger partial charge in [-0.3, -0.25) is 9.36 Å². The van der Waals surface area contributed by atoms with Gasteiger partial charge in [-0.1, -0.05) is 0 Å². The number of aryl methyl sites for hydroxylation is 2. The molecule has 2 aromatic heterocycles. The molecule has 0 fully saturated rings. The molecular weight excluding hydrogens is 252 g/mol. The second-order valence-electron chi connectivity index (χ2n) is 4.29. The van der Waals surface area contributed by atoms with Gasteiger partial charge in [-0.25, -0.2) is 8.78 Å². The summed E-state index contributed by atoms with van der Waals surface area (Å²) in [5.41, 5.74) is 2.92. The third kappa shape index (κ3) is 3.30. The van der Waals surface area contributed by atoms with Crippen molar-refractivity contribution in [3.63, 3.8) is 0 Å². The first kappa shape index (κ1) is 13.5. The van der Waals surface area contributed by atoms with Gasteiger partial charge in [-0.2, -0.15) is 10.2 Å². The fraction of sp³-hybridized carbons (Fsp3) is 0.500. The van der Waals surface area contributed by atoms with E-state index in [4.69, 9.17) is 0 Å². The predicted molar refractivity (Wildman–Crippen MR) is 68.2 cm³/mol. The van der Waals surface area contributed by atoms with Crippen LogP contribution in [0, 0.1) is 6.92 Å². The van der Waals surface area contributed by atoms with Crippen LogP contribution in [0.5, 0.6) is 0 Å². The molecule has 2 rings (SSSR count). The van der Waals surface area contributed by atoms with Gasteiger partial charge in [0.15, 0.2) is 0 Å². The van der Waals surface area contributed by atoms with E-state index in [1.807, 2.05) is 24.7 Å².